The molecule has 3 unspecified atom stereocenters. The molecule has 1 heterocycles. The number of pyridine rings is 1. The Morgan fingerprint density at radius 2 is 1.53 bits per heavy atom. The third-order valence-corrected chi connectivity index (χ3v) is 7.04. The van der Waals surface area contributed by atoms with Crippen molar-refractivity contribution in [3.8, 4) is 0 Å². The third kappa shape index (κ3) is 14.7. The predicted octanol–water partition coefficient (Wildman–Crippen LogP) is 0.990. The van der Waals surface area contributed by atoms with Gasteiger partial charge in [0.15, 0.2) is 0 Å². The molecule has 0 aliphatic carbocycles. The predicted molar refractivity (Wildman–Crippen MR) is 171 cm³/mol. The molecule has 1 aromatic heterocycles. The van der Waals surface area contributed by atoms with E-state index in [-0.39, 0.29) is 53.1 Å². The minimum Gasteiger partial charge on any atom is -0.355 e. The zero-order chi connectivity index (χ0) is 34.5. The van der Waals surface area contributed by atoms with Crippen molar-refractivity contribution in [1.82, 2.24) is 31.5 Å². The van der Waals surface area contributed by atoms with Gasteiger partial charge in [0.2, 0.25) is 36.0 Å². The monoisotopic (exact) mass is 634 g/mol. The number of rotatable bonds is 17. The van der Waals surface area contributed by atoms with Crippen LogP contribution in [0.3, 0.4) is 0 Å². The van der Waals surface area contributed by atoms with Crippen LogP contribution in [0.25, 0.3) is 0 Å². The number of carbonyl (C=O) groups is 5. The topological polar surface area (TPSA) is 173 Å². The first-order valence-electron chi connectivity index (χ1n) is 15.7. The Hall–Kier alpha value is -3.74. The first-order valence-corrected chi connectivity index (χ1v) is 15.7. The summed E-state index contributed by atoms with van der Waals surface area (Å²) in [6.45, 7) is 17.7. The summed E-state index contributed by atoms with van der Waals surface area (Å²) in [6, 6.07) is 0.393. The number of likely N-dealkylation sites (N-methyl/N-ethyl adjacent to an activating group) is 2. The maximum Gasteiger partial charge on any atom is 0.252 e. The Labute approximate surface area is 268 Å². The average molecular weight is 635 g/mol. The van der Waals surface area contributed by atoms with Crippen molar-refractivity contribution in [2.45, 2.75) is 99.3 Å². The highest BCUT2D eigenvalue weighted by atomic mass is 16.5. The molecule has 6 N–H and O–H groups in total. The summed E-state index contributed by atoms with van der Waals surface area (Å²) in [6.07, 6.45) is 3.60. The highest BCUT2D eigenvalue weighted by Gasteiger charge is 2.31. The molecule has 13 heteroatoms. The minimum atomic E-state index is -0.877. The first-order chi connectivity index (χ1) is 20.8. The molecule has 0 aromatic carbocycles. The van der Waals surface area contributed by atoms with Crippen LogP contribution in [-0.4, -0.2) is 90.5 Å². The van der Waals surface area contributed by atoms with Crippen molar-refractivity contribution in [1.29, 1.82) is 0 Å². The number of aromatic nitrogens is 1. The number of nitrogens with one attached hydrogen (secondary N) is 5. The molecule has 0 saturated heterocycles. The van der Waals surface area contributed by atoms with Crippen LogP contribution in [0.2, 0.25) is 0 Å². The fraction of sp³-hybridized carbons (Fsp3) is 0.688. The van der Waals surface area contributed by atoms with Crippen LogP contribution in [0.15, 0.2) is 24.5 Å². The fourth-order valence-corrected chi connectivity index (χ4v) is 4.73. The second-order valence-electron chi connectivity index (χ2n) is 13.6. The SMILES string of the molecule is CCNC(=O)C(NC(=O)[C@H](C)NCC(CC(C)C)NC(=O)CN(C)C(=O)C(CC(C)(C)C)NC(=O)c1cc[n+](O)cc1)C(C)C. The van der Waals surface area contributed by atoms with Crippen LogP contribution in [-0.2, 0) is 19.2 Å². The van der Waals surface area contributed by atoms with E-state index >= 15 is 0 Å². The summed E-state index contributed by atoms with van der Waals surface area (Å²) < 4.78 is 0.815. The van der Waals surface area contributed by atoms with Gasteiger partial charge in [0.1, 0.15) is 12.1 Å². The molecule has 13 nitrogen and oxygen atoms in total. The van der Waals surface area contributed by atoms with E-state index in [1.165, 1.54) is 36.5 Å². The van der Waals surface area contributed by atoms with Gasteiger partial charge < -0.3 is 31.5 Å². The molecule has 1 aromatic rings. The Morgan fingerprint density at radius 3 is 2.04 bits per heavy atom. The van der Waals surface area contributed by atoms with Crippen molar-refractivity contribution in [2.24, 2.45) is 17.3 Å². The third-order valence-electron chi connectivity index (χ3n) is 7.04. The van der Waals surface area contributed by atoms with Crippen molar-refractivity contribution >= 4 is 29.5 Å². The number of hydrogen-bond acceptors (Lipinski definition) is 7. The van der Waals surface area contributed by atoms with Crippen LogP contribution in [0.5, 0.6) is 0 Å². The van der Waals surface area contributed by atoms with E-state index in [1.807, 2.05) is 55.4 Å². The zero-order valence-corrected chi connectivity index (χ0v) is 28.7. The van der Waals surface area contributed by atoms with Gasteiger partial charge in [0, 0.05) is 43.0 Å². The first kappa shape index (κ1) is 39.3. The minimum absolute atomic E-state index is 0.0939. The summed E-state index contributed by atoms with van der Waals surface area (Å²) >= 11 is 0. The lowest BCUT2D eigenvalue weighted by Crippen LogP contribution is -2.56. The van der Waals surface area contributed by atoms with E-state index in [9.17, 15) is 29.2 Å². The molecule has 4 atom stereocenters. The van der Waals surface area contributed by atoms with Gasteiger partial charge in [-0.15, -0.1) is 0 Å². The van der Waals surface area contributed by atoms with Gasteiger partial charge in [-0.05, 0) is 43.9 Å². The molecule has 45 heavy (non-hydrogen) atoms. The Kier molecular flexibility index (Phi) is 16.0. The maximum atomic E-state index is 13.5. The lowest BCUT2D eigenvalue weighted by atomic mass is 9.87. The van der Waals surface area contributed by atoms with Gasteiger partial charge in [-0.1, -0.05) is 48.5 Å². The van der Waals surface area contributed by atoms with E-state index in [1.54, 1.807) is 6.92 Å². The van der Waals surface area contributed by atoms with E-state index in [2.05, 4.69) is 26.6 Å². The molecule has 0 saturated carbocycles. The number of amides is 5. The normalized spacial score (nSPS) is 14.2. The largest absolute Gasteiger partial charge is 0.355 e. The Morgan fingerprint density at radius 1 is 0.933 bits per heavy atom. The molecule has 0 aliphatic rings. The van der Waals surface area contributed by atoms with Crippen molar-refractivity contribution in [3.05, 3.63) is 30.1 Å². The maximum absolute atomic E-state index is 13.5. The lowest BCUT2D eigenvalue weighted by Gasteiger charge is -2.30. The van der Waals surface area contributed by atoms with Crippen molar-refractivity contribution in [3.63, 3.8) is 0 Å². The van der Waals surface area contributed by atoms with Crippen LogP contribution >= 0.6 is 0 Å². The Bertz CT molecular complexity index is 1130. The average Bonchev–Trinajstić information content (AvgIpc) is 2.92. The van der Waals surface area contributed by atoms with Gasteiger partial charge in [-0.2, -0.15) is 0 Å². The molecular weight excluding hydrogens is 578 g/mol. The smallest absolute Gasteiger partial charge is 0.252 e. The molecular formula is C32H56N7O6+. The highest BCUT2D eigenvalue weighted by Crippen LogP contribution is 2.22. The summed E-state index contributed by atoms with van der Waals surface area (Å²) in [5.41, 5.74) is -0.0173. The quantitative estimate of drug-likeness (QED) is 0.110. The second kappa shape index (κ2) is 18.3. The van der Waals surface area contributed by atoms with E-state index in [4.69, 9.17) is 0 Å². The van der Waals surface area contributed by atoms with Gasteiger partial charge in [0.25, 0.3) is 5.91 Å². The van der Waals surface area contributed by atoms with Gasteiger partial charge in [-0.3, -0.25) is 29.2 Å². The highest BCUT2D eigenvalue weighted by molar-refractivity contribution is 5.98. The van der Waals surface area contributed by atoms with Crippen LogP contribution in [0, 0.1) is 17.3 Å². The van der Waals surface area contributed by atoms with Gasteiger partial charge >= 0.3 is 0 Å². The molecule has 0 fully saturated rings. The van der Waals surface area contributed by atoms with Crippen LogP contribution < -0.4 is 31.3 Å². The van der Waals surface area contributed by atoms with Crippen molar-refractivity contribution in [2.75, 3.05) is 26.7 Å². The standard InChI is InChI=1S/C32H55N7O6/c1-11-33-30(43)27(21(4)5)37-28(41)22(6)34-18-24(16-20(2)3)35-26(40)19-38(10)31(44)25(17-32(7,8)9)36-29(42)23-12-14-39(45)15-13-23/h12-15,20-22,24-25,27,34H,11,16-19H2,1-10H3,(H4-,33,35,36,37,40,41,42,43,45)/p+1/t22-,24?,25?,27?/m0/s1. The van der Waals surface area contributed by atoms with Crippen LogP contribution in [0.4, 0.5) is 0 Å². The molecule has 0 radical (unpaired) electrons. The van der Waals surface area contributed by atoms with E-state index in [0.29, 0.717) is 25.9 Å². The molecule has 254 valence electrons. The Balaban J connectivity index is 2.87. The molecule has 1 rings (SSSR count). The van der Waals surface area contributed by atoms with E-state index < -0.39 is 29.9 Å². The molecule has 0 bridgehead atoms. The van der Waals surface area contributed by atoms with Gasteiger partial charge in [0.05, 0.1) is 18.2 Å². The molecule has 0 aliphatic heterocycles. The van der Waals surface area contributed by atoms with E-state index in [0.717, 1.165) is 4.73 Å². The second-order valence-corrected chi connectivity index (χ2v) is 13.6. The zero-order valence-electron chi connectivity index (χ0n) is 28.7. The molecule has 0 spiro atoms. The van der Waals surface area contributed by atoms with Crippen LogP contribution in [0.1, 0.15) is 85.5 Å². The summed E-state index contributed by atoms with van der Waals surface area (Å²) in [7, 11) is 1.52. The van der Waals surface area contributed by atoms with Crippen molar-refractivity contribution < 1.29 is 33.9 Å². The number of hydrogen-bond donors (Lipinski definition) is 6. The van der Waals surface area contributed by atoms with Gasteiger partial charge in [-0.25, -0.2) is 0 Å². The fourth-order valence-electron chi connectivity index (χ4n) is 4.73. The summed E-state index contributed by atoms with van der Waals surface area (Å²) in [4.78, 5) is 66.0. The number of carbonyl (C=O) groups excluding carboxylic acids is 5. The summed E-state index contributed by atoms with van der Waals surface area (Å²) in [5, 5.41) is 23.9. The molecule has 5 amide bonds. The lowest BCUT2D eigenvalue weighted by molar-refractivity contribution is -0.904. The number of nitrogens with zero attached hydrogens (tertiary/aromatic N) is 2. The summed E-state index contributed by atoms with van der Waals surface area (Å²) in [5.74, 6) is -1.65.